The summed E-state index contributed by atoms with van der Waals surface area (Å²) < 4.78 is 40.0. The molecule has 3 rings (SSSR count). The summed E-state index contributed by atoms with van der Waals surface area (Å²) in [7, 11) is -1.11. The monoisotopic (exact) mass is 486 g/mol. The summed E-state index contributed by atoms with van der Waals surface area (Å²) in [6, 6.07) is 11.0. The Labute approximate surface area is 200 Å². The Morgan fingerprint density at radius 1 is 1.12 bits per heavy atom. The van der Waals surface area contributed by atoms with Gasteiger partial charge >= 0.3 is 0 Å². The summed E-state index contributed by atoms with van der Waals surface area (Å²) in [5, 5.41) is 2.79. The highest BCUT2D eigenvalue weighted by atomic mass is 32.2. The molecule has 180 valence electrons. The minimum absolute atomic E-state index is 0.0549. The molecule has 0 spiro atoms. The number of benzene rings is 2. The van der Waals surface area contributed by atoms with E-state index in [1.54, 1.807) is 35.9 Å². The lowest BCUT2D eigenvalue weighted by molar-refractivity contribution is 0.0949. The first kappa shape index (κ1) is 25.5. The Hall–Kier alpha value is -3.13. The van der Waals surface area contributed by atoms with Gasteiger partial charge in [0, 0.05) is 57.6 Å². The van der Waals surface area contributed by atoms with Gasteiger partial charge in [0.2, 0.25) is 5.43 Å². The number of halogens is 2. The zero-order chi connectivity index (χ0) is 25.2. The third kappa shape index (κ3) is 5.33. The average Bonchev–Trinajstić information content (AvgIpc) is 2.78. The molecule has 0 aliphatic rings. The number of amides is 1. The van der Waals surface area contributed by atoms with Gasteiger partial charge in [-0.05, 0) is 62.6 Å². The number of nitrogens with one attached hydrogen (secondary N) is 1. The molecule has 34 heavy (non-hydrogen) atoms. The molecule has 0 radical (unpaired) electrons. The lowest BCUT2D eigenvalue weighted by Gasteiger charge is -2.20. The molecule has 0 aliphatic carbocycles. The van der Waals surface area contributed by atoms with Crippen LogP contribution in [0.4, 0.5) is 8.78 Å². The smallest absolute Gasteiger partial charge is 0.263 e. The van der Waals surface area contributed by atoms with Crippen LogP contribution in [0, 0.1) is 13.8 Å². The highest BCUT2D eigenvalue weighted by molar-refractivity contribution is 7.84. The van der Waals surface area contributed by atoms with E-state index in [0.29, 0.717) is 16.2 Å². The van der Waals surface area contributed by atoms with Crippen molar-refractivity contribution in [3.8, 4) is 11.1 Å². The van der Waals surface area contributed by atoms with Crippen molar-refractivity contribution in [1.29, 1.82) is 0 Å². The molecule has 1 heterocycles. The molecular weight excluding hydrogens is 458 g/mol. The fourth-order valence-electron chi connectivity index (χ4n) is 3.91. The summed E-state index contributed by atoms with van der Waals surface area (Å²) in [5.41, 5.74) is 2.14. The number of hydrogen-bond donors (Lipinski definition) is 1. The molecule has 2 aromatic carbocycles. The third-order valence-corrected chi connectivity index (χ3v) is 6.72. The lowest BCUT2D eigenvalue weighted by Crippen LogP contribution is -2.31. The van der Waals surface area contributed by atoms with Crippen molar-refractivity contribution in [2.75, 3.05) is 6.26 Å². The summed E-state index contributed by atoms with van der Waals surface area (Å²) in [6.45, 7) is 7.63. The number of aromatic nitrogens is 1. The van der Waals surface area contributed by atoms with E-state index in [9.17, 15) is 22.6 Å². The van der Waals surface area contributed by atoms with E-state index >= 15 is 0 Å². The number of carbonyl (C=O) groups excluding carboxylic acids is 1. The van der Waals surface area contributed by atoms with Gasteiger partial charge in [0.05, 0.1) is 0 Å². The minimum Gasteiger partial charge on any atom is -0.348 e. The van der Waals surface area contributed by atoms with E-state index in [2.05, 4.69) is 5.32 Å². The largest absolute Gasteiger partial charge is 0.348 e. The first-order valence-corrected chi connectivity index (χ1v) is 12.4. The molecule has 0 fully saturated rings. The van der Waals surface area contributed by atoms with Gasteiger partial charge in [0.15, 0.2) is 0 Å². The van der Waals surface area contributed by atoms with Gasteiger partial charge in [0.25, 0.3) is 12.3 Å². The Bertz CT molecular complexity index is 1320. The second-order valence-corrected chi connectivity index (χ2v) is 9.86. The summed E-state index contributed by atoms with van der Waals surface area (Å²) >= 11 is 0. The van der Waals surface area contributed by atoms with E-state index in [1.165, 1.54) is 24.4 Å². The van der Waals surface area contributed by atoms with E-state index in [4.69, 9.17) is 0 Å². The Kier molecular flexibility index (Phi) is 7.82. The minimum atomic E-state index is -2.67. The van der Waals surface area contributed by atoms with Crippen LogP contribution in [0.5, 0.6) is 0 Å². The Morgan fingerprint density at radius 2 is 1.82 bits per heavy atom. The molecule has 1 unspecified atom stereocenters. The van der Waals surface area contributed by atoms with Crippen molar-refractivity contribution in [2.45, 2.75) is 51.6 Å². The standard InChI is InChI=1S/C26H28F2N2O3S/c1-15(2)30-14-22(26(32)29-13-20-9-10-21(34(5)33)11-16(20)3)24(31)23(17(30)4)18-7-6-8-19(12-18)25(27)28/h6-12,14-15,25H,13H2,1-5H3,(H,29,32). The molecule has 8 heteroatoms. The van der Waals surface area contributed by atoms with Crippen molar-refractivity contribution >= 4 is 16.7 Å². The summed E-state index contributed by atoms with van der Waals surface area (Å²) in [5.74, 6) is -0.548. The molecule has 1 amide bonds. The number of rotatable bonds is 7. The number of carbonyl (C=O) groups is 1. The molecule has 1 aromatic heterocycles. The number of nitrogens with zero attached hydrogens (tertiary/aromatic N) is 1. The fraction of sp³-hybridized carbons (Fsp3) is 0.308. The van der Waals surface area contributed by atoms with Gasteiger partial charge < -0.3 is 9.88 Å². The zero-order valence-electron chi connectivity index (χ0n) is 19.8. The fourth-order valence-corrected chi connectivity index (χ4v) is 4.51. The second-order valence-electron chi connectivity index (χ2n) is 8.48. The van der Waals surface area contributed by atoms with E-state index < -0.39 is 28.6 Å². The number of pyridine rings is 1. The maximum absolute atomic E-state index is 13.4. The van der Waals surface area contributed by atoms with Crippen molar-refractivity contribution in [3.63, 3.8) is 0 Å². The van der Waals surface area contributed by atoms with Crippen LogP contribution >= 0.6 is 0 Å². The molecule has 0 aliphatic heterocycles. The van der Waals surface area contributed by atoms with Gasteiger partial charge in [0.1, 0.15) is 5.56 Å². The molecular formula is C26H28F2N2O3S. The predicted octanol–water partition coefficient (Wildman–Crippen LogP) is 5.32. The van der Waals surface area contributed by atoms with Gasteiger partial charge in [-0.1, -0.05) is 24.3 Å². The molecule has 0 bridgehead atoms. The quantitative estimate of drug-likeness (QED) is 0.492. The van der Waals surface area contributed by atoms with Crippen LogP contribution in [-0.2, 0) is 17.3 Å². The van der Waals surface area contributed by atoms with Crippen LogP contribution in [0.25, 0.3) is 11.1 Å². The van der Waals surface area contributed by atoms with Crippen LogP contribution in [0.15, 0.2) is 58.4 Å². The maximum atomic E-state index is 13.4. The van der Waals surface area contributed by atoms with Crippen molar-refractivity contribution < 1.29 is 17.8 Å². The van der Waals surface area contributed by atoms with Gasteiger partial charge in [-0.2, -0.15) is 0 Å². The SMILES string of the molecule is Cc1cc(S(C)=O)ccc1CNC(=O)c1cn(C(C)C)c(C)c(-c2cccc(C(F)F)c2)c1=O. The molecule has 1 atom stereocenters. The van der Waals surface area contributed by atoms with Crippen molar-refractivity contribution in [3.05, 3.63) is 86.8 Å². The van der Waals surface area contributed by atoms with E-state index in [0.717, 1.165) is 11.1 Å². The summed E-state index contributed by atoms with van der Waals surface area (Å²) in [6.07, 6.45) is 0.454. The number of alkyl halides is 2. The topological polar surface area (TPSA) is 68.2 Å². The van der Waals surface area contributed by atoms with E-state index in [1.807, 2.05) is 26.8 Å². The first-order chi connectivity index (χ1) is 16.0. The molecule has 3 aromatic rings. The van der Waals surface area contributed by atoms with Crippen molar-refractivity contribution in [1.82, 2.24) is 9.88 Å². The molecule has 0 saturated carbocycles. The van der Waals surface area contributed by atoms with Crippen LogP contribution < -0.4 is 10.7 Å². The second kappa shape index (κ2) is 10.4. The van der Waals surface area contributed by atoms with Crippen LogP contribution in [0.3, 0.4) is 0 Å². The zero-order valence-corrected chi connectivity index (χ0v) is 20.6. The predicted molar refractivity (Wildman–Crippen MR) is 131 cm³/mol. The van der Waals surface area contributed by atoms with Crippen LogP contribution in [0.1, 0.15) is 59.1 Å². The van der Waals surface area contributed by atoms with E-state index in [-0.39, 0.29) is 29.3 Å². The lowest BCUT2D eigenvalue weighted by atomic mass is 9.98. The normalized spacial score (nSPS) is 12.3. The Morgan fingerprint density at radius 3 is 2.41 bits per heavy atom. The molecule has 1 N–H and O–H groups in total. The average molecular weight is 487 g/mol. The van der Waals surface area contributed by atoms with Gasteiger partial charge in [-0.15, -0.1) is 0 Å². The van der Waals surface area contributed by atoms with Gasteiger partial charge in [-0.3, -0.25) is 13.8 Å². The van der Waals surface area contributed by atoms with Crippen LogP contribution in [0.2, 0.25) is 0 Å². The maximum Gasteiger partial charge on any atom is 0.263 e. The third-order valence-electron chi connectivity index (χ3n) is 5.80. The molecule has 5 nitrogen and oxygen atoms in total. The number of aryl methyl sites for hydroxylation is 1. The van der Waals surface area contributed by atoms with Crippen LogP contribution in [-0.4, -0.2) is 20.9 Å². The van der Waals surface area contributed by atoms with Gasteiger partial charge in [-0.25, -0.2) is 8.78 Å². The number of hydrogen-bond acceptors (Lipinski definition) is 3. The summed E-state index contributed by atoms with van der Waals surface area (Å²) in [4.78, 5) is 27.2. The highest BCUT2D eigenvalue weighted by Crippen LogP contribution is 2.27. The molecule has 0 saturated heterocycles. The first-order valence-electron chi connectivity index (χ1n) is 10.9. The Balaban J connectivity index is 2.01. The van der Waals surface area contributed by atoms with Crippen molar-refractivity contribution in [2.24, 2.45) is 0 Å². The highest BCUT2D eigenvalue weighted by Gasteiger charge is 2.21.